The van der Waals surface area contributed by atoms with E-state index in [1.807, 2.05) is 0 Å². The maximum atomic E-state index is 5.58. The minimum Gasteiger partial charge on any atom is -0.493 e. The fourth-order valence-electron chi connectivity index (χ4n) is 2.74. The fraction of sp³-hybridized carbons (Fsp3) is 0.471. The Balaban J connectivity index is 1.67. The molecule has 1 aromatic carbocycles. The molecule has 0 aliphatic carbocycles. The average Bonchev–Trinajstić information content (AvgIpc) is 3.16. The van der Waals surface area contributed by atoms with Gasteiger partial charge in [0.1, 0.15) is 5.75 Å². The van der Waals surface area contributed by atoms with Gasteiger partial charge in [0.05, 0.1) is 17.3 Å². The summed E-state index contributed by atoms with van der Waals surface area (Å²) >= 11 is 1.75. The Hall–Kier alpha value is -1.39. The number of nitrogens with zero attached hydrogens (tertiary/aromatic N) is 1. The van der Waals surface area contributed by atoms with Gasteiger partial charge in [0.2, 0.25) is 0 Å². The normalized spacial score (nSPS) is 14.8. The van der Waals surface area contributed by atoms with E-state index in [0.717, 1.165) is 43.9 Å². The third kappa shape index (κ3) is 3.27. The molecule has 1 aromatic heterocycles. The molecule has 1 aliphatic heterocycles. The zero-order valence-electron chi connectivity index (χ0n) is 12.7. The van der Waals surface area contributed by atoms with Crippen LogP contribution in [-0.2, 0) is 19.4 Å². The molecule has 3 nitrogen and oxygen atoms in total. The Labute approximate surface area is 130 Å². The van der Waals surface area contributed by atoms with E-state index >= 15 is 0 Å². The summed E-state index contributed by atoms with van der Waals surface area (Å²) in [5, 5.41) is 7.01. The van der Waals surface area contributed by atoms with Crippen LogP contribution in [0.25, 0.3) is 0 Å². The Morgan fingerprint density at radius 3 is 3.05 bits per heavy atom. The summed E-state index contributed by atoms with van der Waals surface area (Å²) in [6, 6.07) is 6.97. The molecule has 2 heterocycles. The second kappa shape index (κ2) is 6.58. The highest BCUT2D eigenvalue weighted by Gasteiger charge is 2.16. The van der Waals surface area contributed by atoms with Crippen LogP contribution in [0.1, 0.15) is 48.1 Å². The molecule has 0 saturated heterocycles. The molecule has 4 heteroatoms. The largest absolute Gasteiger partial charge is 0.493 e. The van der Waals surface area contributed by atoms with Crippen molar-refractivity contribution >= 4 is 11.3 Å². The molecule has 0 saturated carbocycles. The first kappa shape index (κ1) is 14.5. The molecule has 0 unspecified atom stereocenters. The predicted octanol–water partition coefficient (Wildman–Crippen LogP) is 3.88. The van der Waals surface area contributed by atoms with Gasteiger partial charge in [-0.15, -0.1) is 11.3 Å². The van der Waals surface area contributed by atoms with Gasteiger partial charge in [-0.3, -0.25) is 0 Å². The third-order valence-electron chi connectivity index (χ3n) is 3.96. The zero-order chi connectivity index (χ0) is 14.7. The van der Waals surface area contributed by atoms with E-state index in [0.29, 0.717) is 6.04 Å². The lowest BCUT2D eigenvalue weighted by atomic mass is 10.0. The lowest BCUT2D eigenvalue weighted by molar-refractivity contribution is 0.356. The Morgan fingerprint density at radius 1 is 1.38 bits per heavy atom. The van der Waals surface area contributed by atoms with Gasteiger partial charge in [0.25, 0.3) is 0 Å². The molecule has 0 radical (unpaired) electrons. The highest BCUT2D eigenvalue weighted by atomic mass is 32.1. The van der Waals surface area contributed by atoms with Crippen molar-refractivity contribution in [3.63, 3.8) is 0 Å². The Kier molecular flexibility index (Phi) is 4.56. The maximum Gasteiger partial charge on any atom is 0.122 e. The predicted molar refractivity (Wildman–Crippen MR) is 87.0 cm³/mol. The molecule has 1 atom stereocenters. The van der Waals surface area contributed by atoms with Crippen LogP contribution in [-0.4, -0.2) is 11.6 Å². The summed E-state index contributed by atoms with van der Waals surface area (Å²) in [5.74, 6) is 1.06. The molecule has 1 aliphatic rings. The summed E-state index contributed by atoms with van der Waals surface area (Å²) in [7, 11) is 0. The summed E-state index contributed by atoms with van der Waals surface area (Å²) in [5.41, 5.74) is 3.85. The maximum absolute atomic E-state index is 5.58. The molecule has 112 valence electrons. The van der Waals surface area contributed by atoms with E-state index in [1.165, 1.54) is 16.1 Å². The van der Waals surface area contributed by atoms with Gasteiger partial charge < -0.3 is 10.1 Å². The van der Waals surface area contributed by atoms with Crippen molar-refractivity contribution in [1.82, 2.24) is 10.3 Å². The SMILES string of the molecule is CCc1nc(CN[C@H](CC)c2ccc3c(c2)CCO3)cs1. The topological polar surface area (TPSA) is 34.2 Å². The van der Waals surface area contributed by atoms with E-state index in [2.05, 4.69) is 47.7 Å². The van der Waals surface area contributed by atoms with Gasteiger partial charge in [-0.25, -0.2) is 4.98 Å². The van der Waals surface area contributed by atoms with Crippen molar-refractivity contribution in [2.75, 3.05) is 6.61 Å². The van der Waals surface area contributed by atoms with E-state index < -0.39 is 0 Å². The average molecular weight is 302 g/mol. The molecule has 1 N–H and O–H groups in total. The first-order valence-electron chi connectivity index (χ1n) is 7.72. The van der Waals surface area contributed by atoms with Gasteiger partial charge in [0, 0.05) is 24.4 Å². The van der Waals surface area contributed by atoms with Crippen LogP contribution in [0.4, 0.5) is 0 Å². The number of rotatable bonds is 6. The lowest BCUT2D eigenvalue weighted by Crippen LogP contribution is -2.20. The molecule has 0 fully saturated rings. The smallest absolute Gasteiger partial charge is 0.122 e. The number of ether oxygens (including phenoxy) is 1. The standard InChI is InChI=1S/C17H22N2OS/c1-3-15(18-10-14-11-21-17(4-2)19-14)12-5-6-16-13(9-12)7-8-20-16/h5-6,9,11,15,18H,3-4,7-8,10H2,1-2H3/t15-/m1/s1. The van der Waals surface area contributed by atoms with Crippen LogP contribution >= 0.6 is 11.3 Å². The van der Waals surface area contributed by atoms with Crippen molar-refractivity contribution in [2.45, 2.75) is 45.7 Å². The van der Waals surface area contributed by atoms with Crippen LogP contribution in [0.5, 0.6) is 5.75 Å². The van der Waals surface area contributed by atoms with Gasteiger partial charge in [-0.1, -0.05) is 26.0 Å². The van der Waals surface area contributed by atoms with E-state index in [4.69, 9.17) is 4.74 Å². The van der Waals surface area contributed by atoms with Crippen LogP contribution in [0, 0.1) is 0 Å². The number of benzene rings is 1. The Morgan fingerprint density at radius 2 is 2.29 bits per heavy atom. The summed E-state index contributed by atoms with van der Waals surface area (Å²) in [4.78, 5) is 4.62. The number of aromatic nitrogens is 1. The quantitative estimate of drug-likeness (QED) is 0.879. The highest BCUT2D eigenvalue weighted by molar-refractivity contribution is 7.09. The third-order valence-corrected chi connectivity index (χ3v) is 5.00. The number of aryl methyl sites for hydroxylation is 1. The minimum atomic E-state index is 0.377. The molecule has 3 rings (SSSR count). The second-order valence-corrected chi connectivity index (χ2v) is 6.34. The van der Waals surface area contributed by atoms with Gasteiger partial charge in [-0.2, -0.15) is 0 Å². The minimum absolute atomic E-state index is 0.377. The van der Waals surface area contributed by atoms with Gasteiger partial charge >= 0.3 is 0 Å². The van der Waals surface area contributed by atoms with Crippen LogP contribution < -0.4 is 10.1 Å². The number of hydrogen-bond acceptors (Lipinski definition) is 4. The van der Waals surface area contributed by atoms with Crippen molar-refractivity contribution in [2.24, 2.45) is 0 Å². The van der Waals surface area contributed by atoms with E-state index in [1.54, 1.807) is 11.3 Å². The van der Waals surface area contributed by atoms with Crippen LogP contribution in [0.15, 0.2) is 23.6 Å². The number of nitrogens with one attached hydrogen (secondary N) is 1. The lowest BCUT2D eigenvalue weighted by Gasteiger charge is -2.17. The van der Waals surface area contributed by atoms with Gasteiger partial charge in [0.15, 0.2) is 0 Å². The van der Waals surface area contributed by atoms with E-state index in [-0.39, 0.29) is 0 Å². The number of thiazole rings is 1. The van der Waals surface area contributed by atoms with Crippen molar-refractivity contribution < 1.29 is 4.74 Å². The zero-order valence-corrected chi connectivity index (χ0v) is 13.5. The first-order valence-corrected chi connectivity index (χ1v) is 8.60. The Bertz CT molecular complexity index is 609. The molecule has 0 amide bonds. The van der Waals surface area contributed by atoms with Crippen molar-refractivity contribution in [3.8, 4) is 5.75 Å². The molecule has 2 aromatic rings. The fourth-order valence-corrected chi connectivity index (χ4v) is 3.49. The molecule has 0 spiro atoms. The molecular weight excluding hydrogens is 280 g/mol. The number of hydrogen-bond donors (Lipinski definition) is 1. The van der Waals surface area contributed by atoms with Crippen LogP contribution in [0.2, 0.25) is 0 Å². The van der Waals surface area contributed by atoms with Crippen molar-refractivity contribution in [3.05, 3.63) is 45.4 Å². The van der Waals surface area contributed by atoms with E-state index in [9.17, 15) is 0 Å². The summed E-state index contributed by atoms with van der Waals surface area (Å²) in [6.45, 7) is 6.03. The van der Waals surface area contributed by atoms with Crippen molar-refractivity contribution in [1.29, 1.82) is 0 Å². The summed E-state index contributed by atoms with van der Waals surface area (Å²) in [6.07, 6.45) is 3.13. The van der Waals surface area contributed by atoms with Gasteiger partial charge in [-0.05, 0) is 30.0 Å². The monoisotopic (exact) mass is 302 g/mol. The number of fused-ring (bicyclic) bond motifs is 1. The highest BCUT2D eigenvalue weighted by Crippen LogP contribution is 2.29. The van der Waals surface area contributed by atoms with Crippen LogP contribution in [0.3, 0.4) is 0 Å². The summed E-state index contributed by atoms with van der Waals surface area (Å²) < 4.78 is 5.58. The molecular formula is C17H22N2OS. The molecule has 0 bridgehead atoms. The second-order valence-electron chi connectivity index (χ2n) is 5.39. The first-order chi connectivity index (χ1) is 10.3. The molecule has 21 heavy (non-hydrogen) atoms.